The van der Waals surface area contributed by atoms with E-state index in [-0.39, 0.29) is 5.28 Å². The van der Waals surface area contributed by atoms with Crippen LogP contribution in [-0.4, -0.2) is 46.7 Å². The molecule has 2 heterocycles. The predicted octanol–water partition coefficient (Wildman–Crippen LogP) is 0.301. The second kappa shape index (κ2) is 4.85. The summed E-state index contributed by atoms with van der Waals surface area (Å²) < 4.78 is 0. The number of aliphatic carboxylic acids is 1. The van der Waals surface area contributed by atoms with Crippen molar-refractivity contribution in [2.45, 2.75) is 13.0 Å². The summed E-state index contributed by atoms with van der Waals surface area (Å²) in [6, 6.07) is 1.23. The van der Waals surface area contributed by atoms with Crippen molar-refractivity contribution in [3.8, 4) is 0 Å². The summed E-state index contributed by atoms with van der Waals surface area (Å²) in [5, 5.41) is 12.1. The Morgan fingerprint density at radius 3 is 3.06 bits per heavy atom. The first-order chi connectivity index (χ1) is 8.06. The molecule has 92 valence electrons. The molecular formula is C10H13ClN4O2. The Morgan fingerprint density at radius 2 is 2.41 bits per heavy atom. The normalized spacial score (nSPS) is 20.4. The molecule has 1 aromatic rings. The monoisotopic (exact) mass is 256 g/mol. The third-order valence-electron chi connectivity index (χ3n) is 2.61. The summed E-state index contributed by atoms with van der Waals surface area (Å²) in [5.74, 6) is -0.179. The zero-order valence-corrected chi connectivity index (χ0v) is 10.1. The van der Waals surface area contributed by atoms with Gasteiger partial charge in [-0.15, -0.1) is 0 Å². The van der Waals surface area contributed by atoms with Crippen LogP contribution >= 0.6 is 11.6 Å². The third kappa shape index (κ3) is 2.83. The maximum absolute atomic E-state index is 10.9. The number of nitrogens with zero attached hydrogens (tertiary/aromatic N) is 3. The first kappa shape index (κ1) is 12.1. The molecule has 1 saturated heterocycles. The van der Waals surface area contributed by atoms with Gasteiger partial charge < -0.3 is 15.3 Å². The molecule has 6 nitrogen and oxygen atoms in total. The first-order valence-electron chi connectivity index (χ1n) is 5.28. The van der Waals surface area contributed by atoms with E-state index in [0.717, 1.165) is 5.69 Å². The second-order valence-electron chi connectivity index (χ2n) is 3.93. The van der Waals surface area contributed by atoms with Gasteiger partial charge in [-0.2, -0.15) is 0 Å². The number of anilines is 1. The third-order valence-corrected chi connectivity index (χ3v) is 2.78. The lowest BCUT2D eigenvalue weighted by Gasteiger charge is -2.32. The van der Waals surface area contributed by atoms with E-state index in [1.165, 1.54) is 0 Å². The quantitative estimate of drug-likeness (QED) is 0.741. The highest BCUT2D eigenvalue weighted by molar-refractivity contribution is 6.28. The fraction of sp³-hybridized carbons (Fsp3) is 0.500. The predicted molar refractivity (Wildman–Crippen MR) is 63.4 cm³/mol. The molecule has 0 spiro atoms. The average Bonchev–Trinajstić information content (AvgIpc) is 2.28. The van der Waals surface area contributed by atoms with Crippen molar-refractivity contribution in [3.05, 3.63) is 17.0 Å². The molecule has 1 atom stereocenters. The lowest BCUT2D eigenvalue weighted by molar-refractivity contribution is -0.139. The fourth-order valence-electron chi connectivity index (χ4n) is 1.80. The molecule has 0 saturated carbocycles. The number of halogens is 1. The van der Waals surface area contributed by atoms with Crippen molar-refractivity contribution in [3.63, 3.8) is 0 Å². The number of carboxylic acids is 1. The lowest BCUT2D eigenvalue weighted by Crippen LogP contribution is -2.54. The second-order valence-corrected chi connectivity index (χ2v) is 4.27. The number of aryl methyl sites for hydroxylation is 1. The standard InChI is InChI=1S/C10H13ClN4O2/c1-6-4-8(14-10(11)13-6)15-3-2-12-7(5-15)9(16)17/h4,7,12H,2-3,5H2,1H3,(H,16,17)/t7-/m1/s1. The van der Waals surface area contributed by atoms with Gasteiger partial charge in [-0.1, -0.05) is 0 Å². The molecule has 1 aromatic heterocycles. The Morgan fingerprint density at radius 1 is 1.65 bits per heavy atom. The Labute approximate surface area is 104 Å². The van der Waals surface area contributed by atoms with Crippen LogP contribution in [0.25, 0.3) is 0 Å². The van der Waals surface area contributed by atoms with Crippen molar-refractivity contribution in [2.75, 3.05) is 24.5 Å². The van der Waals surface area contributed by atoms with Crippen LogP contribution in [0.2, 0.25) is 5.28 Å². The number of hydrogen-bond acceptors (Lipinski definition) is 5. The highest BCUT2D eigenvalue weighted by Gasteiger charge is 2.25. The van der Waals surface area contributed by atoms with Crippen molar-refractivity contribution in [2.24, 2.45) is 0 Å². The van der Waals surface area contributed by atoms with Crippen molar-refractivity contribution in [1.82, 2.24) is 15.3 Å². The van der Waals surface area contributed by atoms with Crippen LogP contribution in [0, 0.1) is 6.92 Å². The Balaban J connectivity index is 2.18. The molecule has 0 bridgehead atoms. The molecule has 0 aromatic carbocycles. The van der Waals surface area contributed by atoms with Gasteiger partial charge in [0, 0.05) is 31.4 Å². The zero-order chi connectivity index (χ0) is 12.4. The van der Waals surface area contributed by atoms with Gasteiger partial charge in [-0.25, -0.2) is 9.97 Å². The zero-order valence-electron chi connectivity index (χ0n) is 9.35. The van der Waals surface area contributed by atoms with Gasteiger partial charge in [0.05, 0.1) is 0 Å². The Bertz CT molecular complexity index is 420. The van der Waals surface area contributed by atoms with Crippen LogP contribution in [0.4, 0.5) is 5.82 Å². The summed E-state index contributed by atoms with van der Waals surface area (Å²) in [6.07, 6.45) is 0. The van der Waals surface area contributed by atoms with E-state index in [2.05, 4.69) is 15.3 Å². The van der Waals surface area contributed by atoms with Crippen LogP contribution < -0.4 is 10.2 Å². The molecule has 1 aliphatic rings. The van der Waals surface area contributed by atoms with Crippen LogP contribution in [0.3, 0.4) is 0 Å². The average molecular weight is 257 g/mol. The maximum atomic E-state index is 10.9. The van der Waals surface area contributed by atoms with Gasteiger partial charge in [0.1, 0.15) is 11.9 Å². The van der Waals surface area contributed by atoms with E-state index in [9.17, 15) is 4.79 Å². The molecule has 0 aliphatic carbocycles. The van der Waals surface area contributed by atoms with Gasteiger partial charge in [-0.05, 0) is 18.5 Å². The molecule has 0 amide bonds. The maximum Gasteiger partial charge on any atom is 0.322 e. The minimum Gasteiger partial charge on any atom is -0.480 e. The number of piperazine rings is 1. The number of nitrogens with one attached hydrogen (secondary N) is 1. The highest BCUT2D eigenvalue weighted by atomic mass is 35.5. The SMILES string of the molecule is Cc1cc(N2CCN[C@@H](C(=O)O)C2)nc(Cl)n1. The number of carboxylic acid groups (broad SMARTS) is 1. The molecule has 0 radical (unpaired) electrons. The lowest BCUT2D eigenvalue weighted by atomic mass is 10.2. The number of hydrogen-bond donors (Lipinski definition) is 2. The van der Waals surface area contributed by atoms with E-state index >= 15 is 0 Å². The van der Waals surface area contributed by atoms with Crippen LogP contribution in [-0.2, 0) is 4.79 Å². The number of carbonyl (C=O) groups is 1. The summed E-state index contributed by atoms with van der Waals surface area (Å²) >= 11 is 5.79. The van der Waals surface area contributed by atoms with Gasteiger partial charge >= 0.3 is 5.97 Å². The van der Waals surface area contributed by atoms with Crippen molar-refractivity contribution < 1.29 is 9.90 Å². The molecular weight excluding hydrogens is 244 g/mol. The van der Waals surface area contributed by atoms with E-state index < -0.39 is 12.0 Å². The minimum atomic E-state index is -0.855. The molecule has 2 rings (SSSR count). The Kier molecular flexibility index (Phi) is 3.44. The van der Waals surface area contributed by atoms with Crippen LogP contribution in [0.5, 0.6) is 0 Å². The topological polar surface area (TPSA) is 78.4 Å². The smallest absolute Gasteiger partial charge is 0.322 e. The van der Waals surface area contributed by atoms with E-state index in [1.807, 2.05) is 11.8 Å². The van der Waals surface area contributed by atoms with Crippen LogP contribution in [0.1, 0.15) is 5.69 Å². The minimum absolute atomic E-state index is 0.186. The molecule has 2 N–H and O–H groups in total. The van der Waals surface area contributed by atoms with E-state index in [1.54, 1.807) is 6.07 Å². The van der Waals surface area contributed by atoms with E-state index in [0.29, 0.717) is 25.5 Å². The summed E-state index contributed by atoms with van der Waals surface area (Å²) in [5.41, 5.74) is 0.769. The largest absolute Gasteiger partial charge is 0.480 e. The fourth-order valence-corrected chi connectivity index (χ4v) is 2.02. The number of rotatable bonds is 2. The van der Waals surface area contributed by atoms with Crippen molar-refractivity contribution >= 4 is 23.4 Å². The summed E-state index contributed by atoms with van der Waals surface area (Å²) in [7, 11) is 0. The van der Waals surface area contributed by atoms with Gasteiger partial charge in [0.2, 0.25) is 5.28 Å². The van der Waals surface area contributed by atoms with Crippen molar-refractivity contribution in [1.29, 1.82) is 0 Å². The number of aromatic nitrogens is 2. The molecule has 1 aliphatic heterocycles. The summed E-state index contributed by atoms with van der Waals surface area (Å²) in [4.78, 5) is 20.9. The highest BCUT2D eigenvalue weighted by Crippen LogP contribution is 2.16. The van der Waals surface area contributed by atoms with Crippen LogP contribution in [0.15, 0.2) is 6.07 Å². The van der Waals surface area contributed by atoms with Gasteiger partial charge in [0.15, 0.2) is 0 Å². The molecule has 7 heteroatoms. The molecule has 0 unspecified atom stereocenters. The summed E-state index contributed by atoms with van der Waals surface area (Å²) in [6.45, 7) is 3.52. The molecule has 17 heavy (non-hydrogen) atoms. The van der Waals surface area contributed by atoms with Gasteiger partial charge in [-0.3, -0.25) is 4.79 Å². The molecule has 1 fully saturated rings. The Hall–Kier alpha value is -1.40. The van der Waals surface area contributed by atoms with E-state index in [4.69, 9.17) is 16.7 Å². The first-order valence-corrected chi connectivity index (χ1v) is 5.66. The van der Waals surface area contributed by atoms with Gasteiger partial charge in [0.25, 0.3) is 0 Å².